The summed E-state index contributed by atoms with van der Waals surface area (Å²) >= 11 is 0. The van der Waals surface area contributed by atoms with E-state index in [-0.39, 0.29) is 20.0 Å². The van der Waals surface area contributed by atoms with Crippen molar-refractivity contribution in [2.45, 2.75) is 40.3 Å². The summed E-state index contributed by atoms with van der Waals surface area (Å²) in [6, 6.07) is 0. The zero-order valence-corrected chi connectivity index (χ0v) is 9.49. The van der Waals surface area contributed by atoms with Crippen LogP contribution in [0.25, 0.3) is 0 Å². The molecule has 14 heavy (non-hydrogen) atoms. The van der Waals surface area contributed by atoms with E-state index in [1.807, 2.05) is 13.8 Å². The van der Waals surface area contributed by atoms with Gasteiger partial charge in [0.05, 0.1) is 0 Å². The van der Waals surface area contributed by atoms with Crippen LogP contribution in [0.1, 0.15) is 27.7 Å². The van der Waals surface area contributed by atoms with Crippen molar-refractivity contribution in [3.63, 3.8) is 0 Å². The van der Waals surface area contributed by atoms with Crippen LogP contribution in [0, 0.1) is 0 Å². The molecule has 0 amide bonds. The average molecular weight is 210 g/mol. The van der Waals surface area contributed by atoms with E-state index < -0.39 is 0 Å². The smallest absolute Gasteiger partial charge is 0.156 e. The van der Waals surface area contributed by atoms with Gasteiger partial charge in [-0.3, -0.25) is 0 Å². The Balaban J connectivity index is -0.000000163. The molecule has 0 fully saturated rings. The fraction of sp³-hybridized carbons (Fsp3) is 1.00. The maximum absolute atomic E-state index is 4.83. The Bertz CT molecular complexity index is 74.7. The van der Waals surface area contributed by atoms with Gasteiger partial charge >= 0.3 is 0 Å². The van der Waals surface area contributed by atoms with Gasteiger partial charge in [-0.1, -0.05) is 14.4 Å². The van der Waals surface area contributed by atoms with E-state index >= 15 is 0 Å². The molecule has 0 radical (unpaired) electrons. The van der Waals surface area contributed by atoms with E-state index in [2.05, 4.69) is 9.47 Å². The number of hydrogen-bond acceptors (Lipinski definition) is 4. The Morgan fingerprint density at radius 2 is 1.21 bits per heavy atom. The minimum absolute atomic E-state index is 0. The predicted octanol–water partition coefficient (Wildman–Crippen LogP) is 2.28. The van der Waals surface area contributed by atoms with Crippen molar-refractivity contribution in [1.29, 1.82) is 0 Å². The lowest BCUT2D eigenvalue weighted by atomic mass is 10.5. The molecule has 0 atom stereocenters. The maximum Gasteiger partial charge on any atom is 0.156 e. The SMILES string of the molecule is C.CCC(OC)OC.COC(C)OC. The van der Waals surface area contributed by atoms with Gasteiger partial charge in [0.15, 0.2) is 12.6 Å². The quantitative estimate of drug-likeness (QED) is 0.652. The maximum atomic E-state index is 4.83. The molecule has 0 aliphatic carbocycles. The van der Waals surface area contributed by atoms with E-state index in [0.29, 0.717) is 0 Å². The summed E-state index contributed by atoms with van der Waals surface area (Å²) in [6.07, 6.45) is 0.831. The summed E-state index contributed by atoms with van der Waals surface area (Å²) in [5, 5.41) is 0. The highest BCUT2D eigenvalue weighted by atomic mass is 16.7. The molecule has 0 aliphatic heterocycles. The molecule has 0 heterocycles. The molecule has 4 heteroatoms. The molecule has 90 valence electrons. The average Bonchev–Trinajstić information content (AvgIpc) is 2.20. The first kappa shape index (κ1) is 19.4. The van der Waals surface area contributed by atoms with Crippen LogP contribution < -0.4 is 0 Å². The Morgan fingerprint density at radius 1 is 0.857 bits per heavy atom. The molecule has 0 aromatic rings. The summed E-state index contributed by atoms with van der Waals surface area (Å²) in [5.74, 6) is 0. The fourth-order valence-electron chi connectivity index (χ4n) is 0.526. The van der Waals surface area contributed by atoms with Gasteiger partial charge in [0, 0.05) is 28.4 Å². The first-order valence-electron chi connectivity index (χ1n) is 4.27. The zero-order valence-electron chi connectivity index (χ0n) is 9.49. The van der Waals surface area contributed by atoms with Crippen LogP contribution in [0.15, 0.2) is 0 Å². The second-order valence-electron chi connectivity index (χ2n) is 2.35. The van der Waals surface area contributed by atoms with Gasteiger partial charge in [0.1, 0.15) is 0 Å². The van der Waals surface area contributed by atoms with Crippen LogP contribution in [0.3, 0.4) is 0 Å². The first-order valence-corrected chi connectivity index (χ1v) is 4.27. The van der Waals surface area contributed by atoms with Gasteiger partial charge < -0.3 is 18.9 Å². The van der Waals surface area contributed by atoms with Crippen molar-refractivity contribution in [2.24, 2.45) is 0 Å². The molecule has 0 aromatic heterocycles. The van der Waals surface area contributed by atoms with Gasteiger partial charge in [-0.25, -0.2) is 0 Å². The Labute approximate surface area is 88.5 Å². The number of ether oxygens (including phenoxy) is 4. The second kappa shape index (κ2) is 15.3. The molecule has 0 N–H and O–H groups in total. The Morgan fingerprint density at radius 3 is 1.21 bits per heavy atom. The lowest BCUT2D eigenvalue weighted by Crippen LogP contribution is -2.10. The monoisotopic (exact) mass is 210 g/mol. The van der Waals surface area contributed by atoms with Crippen molar-refractivity contribution in [3.8, 4) is 0 Å². The van der Waals surface area contributed by atoms with Gasteiger partial charge in [0.2, 0.25) is 0 Å². The van der Waals surface area contributed by atoms with Crippen molar-refractivity contribution in [2.75, 3.05) is 28.4 Å². The third-order valence-corrected chi connectivity index (χ3v) is 1.52. The van der Waals surface area contributed by atoms with Gasteiger partial charge in [-0.05, 0) is 13.3 Å². The Hall–Kier alpha value is -0.160. The van der Waals surface area contributed by atoms with Crippen LogP contribution in [0.4, 0.5) is 0 Å². The molecule has 0 saturated carbocycles. The largest absolute Gasteiger partial charge is 0.356 e. The van der Waals surface area contributed by atoms with Gasteiger partial charge in [-0.15, -0.1) is 0 Å². The van der Waals surface area contributed by atoms with Gasteiger partial charge in [-0.2, -0.15) is 0 Å². The highest BCUT2D eigenvalue weighted by Gasteiger charge is 1.96. The minimum atomic E-state index is -0.0648. The Kier molecular flexibility index (Phi) is 21.2. The fourth-order valence-corrected chi connectivity index (χ4v) is 0.526. The highest BCUT2D eigenvalue weighted by Crippen LogP contribution is 1.93. The minimum Gasteiger partial charge on any atom is -0.356 e. The van der Waals surface area contributed by atoms with Crippen molar-refractivity contribution >= 4 is 0 Å². The van der Waals surface area contributed by atoms with E-state index in [1.165, 1.54) is 0 Å². The van der Waals surface area contributed by atoms with E-state index in [0.717, 1.165) is 6.42 Å². The molecule has 0 aromatic carbocycles. The number of hydrogen-bond donors (Lipinski definition) is 0. The van der Waals surface area contributed by atoms with E-state index in [1.54, 1.807) is 28.4 Å². The zero-order chi connectivity index (χ0) is 10.7. The highest BCUT2D eigenvalue weighted by molar-refractivity contribution is 4.31. The summed E-state index contributed by atoms with van der Waals surface area (Å²) in [5.41, 5.74) is 0. The third-order valence-electron chi connectivity index (χ3n) is 1.52. The molecule has 4 nitrogen and oxygen atoms in total. The first-order chi connectivity index (χ1) is 6.15. The topological polar surface area (TPSA) is 36.9 Å². The van der Waals surface area contributed by atoms with E-state index in [4.69, 9.17) is 9.47 Å². The van der Waals surface area contributed by atoms with Crippen LogP contribution in [0.2, 0.25) is 0 Å². The van der Waals surface area contributed by atoms with Crippen molar-refractivity contribution in [1.82, 2.24) is 0 Å². The van der Waals surface area contributed by atoms with Crippen molar-refractivity contribution < 1.29 is 18.9 Å². The molecule has 0 spiro atoms. The second-order valence-corrected chi connectivity index (χ2v) is 2.35. The summed E-state index contributed by atoms with van der Waals surface area (Å²) in [6.45, 7) is 3.84. The predicted molar refractivity (Wildman–Crippen MR) is 58.3 cm³/mol. The molecule has 0 saturated heterocycles. The molecular formula is C10H26O4. The van der Waals surface area contributed by atoms with E-state index in [9.17, 15) is 0 Å². The number of methoxy groups -OCH3 is 4. The molecular weight excluding hydrogens is 184 g/mol. The van der Waals surface area contributed by atoms with Gasteiger partial charge in [0.25, 0.3) is 0 Å². The number of rotatable bonds is 5. The normalized spacial score (nSPS) is 9.43. The third kappa shape index (κ3) is 14.4. The lowest BCUT2D eigenvalue weighted by Gasteiger charge is -2.08. The summed E-state index contributed by atoms with van der Waals surface area (Å²) in [4.78, 5) is 0. The van der Waals surface area contributed by atoms with Crippen LogP contribution >= 0.6 is 0 Å². The van der Waals surface area contributed by atoms with Crippen molar-refractivity contribution in [3.05, 3.63) is 0 Å². The van der Waals surface area contributed by atoms with Crippen LogP contribution in [-0.2, 0) is 18.9 Å². The molecule has 0 aliphatic rings. The molecule has 0 bridgehead atoms. The summed E-state index contributed by atoms with van der Waals surface area (Å²) in [7, 11) is 6.48. The summed E-state index contributed by atoms with van der Waals surface area (Å²) < 4.78 is 19.0. The van der Waals surface area contributed by atoms with Crippen LogP contribution in [0.5, 0.6) is 0 Å². The standard InChI is InChI=1S/C5H12O2.C4H10O2.CH4/c1-4-5(6-2)7-3;1-4(5-2)6-3;/h5H,4H2,1-3H3;4H,1-3H3;1H4. The van der Waals surface area contributed by atoms with Crippen LogP contribution in [-0.4, -0.2) is 41.0 Å². The molecule has 0 unspecified atom stereocenters. The lowest BCUT2D eigenvalue weighted by molar-refractivity contribution is -0.103. The molecule has 0 rings (SSSR count).